The minimum absolute atomic E-state index is 0.0173. The first-order valence-corrected chi connectivity index (χ1v) is 11.5. The Morgan fingerprint density at radius 2 is 1.41 bits per heavy atom. The Labute approximate surface area is 198 Å². The monoisotopic (exact) mass is 473 g/mol. The second-order valence-electron chi connectivity index (χ2n) is 7.84. The molecule has 1 unspecified atom stereocenters. The zero-order valence-corrected chi connectivity index (χ0v) is 19.8. The topological polar surface area (TPSA) is 131 Å². The van der Waals surface area contributed by atoms with Gasteiger partial charge in [-0.1, -0.05) is 29.2 Å². The van der Waals surface area contributed by atoms with Crippen LogP contribution in [0.25, 0.3) is 11.1 Å². The molecule has 1 aliphatic heterocycles. The summed E-state index contributed by atoms with van der Waals surface area (Å²) in [6.45, 7) is 6.33. The van der Waals surface area contributed by atoms with Crippen LogP contribution in [0.3, 0.4) is 0 Å². The summed E-state index contributed by atoms with van der Waals surface area (Å²) >= 11 is 0. The van der Waals surface area contributed by atoms with Gasteiger partial charge in [0.15, 0.2) is 0 Å². The second-order valence-corrected chi connectivity index (χ2v) is 7.84. The number of esters is 2. The minimum atomic E-state index is -1.46. The number of anilines is 1. The number of carbonyl (C=O) groups is 3. The fourth-order valence-electron chi connectivity index (χ4n) is 4.16. The Morgan fingerprint density at radius 1 is 0.912 bits per heavy atom. The van der Waals surface area contributed by atoms with Crippen LogP contribution in [-0.2, 0) is 25.5 Å². The molecule has 184 valence electrons. The number of hydrogen-bond acceptors (Lipinski definition) is 9. The molecule has 1 atom stereocenters. The average Bonchev–Trinajstić information content (AvgIpc) is 3.38. The van der Waals surface area contributed by atoms with E-state index in [1.165, 1.54) is 5.01 Å². The zero-order valence-electron chi connectivity index (χ0n) is 19.8. The van der Waals surface area contributed by atoms with Crippen LogP contribution in [0.5, 0.6) is 0 Å². The van der Waals surface area contributed by atoms with Crippen molar-refractivity contribution in [3.8, 4) is 11.1 Å². The van der Waals surface area contributed by atoms with E-state index in [9.17, 15) is 19.6 Å². The quantitative estimate of drug-likeness (QED) is 0.331. The van der Waals surface area contributed by atoms with Crippen LogP contribution < -0.4 is 5.73 Å². The van der Waals surface area contributed by atoms with Crippen LogP contribution in [-0.4, -0.2) is 60.7 Å². The highest BCUT2D eigenvalue weighted by Crippen LogP contribution is 2.39. The molecule has 3 aliphatic rings. The molecule has 0 saturated carbocycles. The van der Waals surface area contributed by atoms with Gasteiger partial charge >= 0.3 is 17.8 Å². The third kappa shape index (κ3) is 4.90. The summed E-state index contributed by atoms with van der Waals surface area (Å²) in [4.78, 5) is 42.1. The highest BCUT2D eigenvalue weighted by atomic mass is 17.0. The Balaban J connectivity index is 2.02. The number of ether oxygens (including phenoxy) is 2. The first-order valence-electron chi connectivity index (χ1n) is 11.5. The van der Waals surface area contributed by atoms with E-state index >= 15 is 0 Å². The van der Waals surface area contributed by atoms with Crippen molar-refractivity contribution in [2.75, 3.05) is 38.6 Å². The van der Waals surface area contributed by atoms with Crippen molar-refractivity contribution >= 4 is 23.5 Å². The van der Waals surface area contributed by atoms with E-state index < -0.39 is 22.8 Å². The van der Waals surface area contributed by atoms with E-state index in [1.807, 2.05) is 0 Å². The molecule has 0 aromatic carbocycles. The summed E-state index contributed by atoms with van der Waals surface area (Å²) in [5.41, 5.74) is 7.59. The number of hydroxylamine groups is 2. The van der Waals surface area contributed by atoms with Crippen LogP contribution in [0.2, 0.25) is 0 Å². The number of nitrogen functional groups attached to an aromatic ring is 1. The SMILES string of the molecule is CCOC(=O)c1c2ccc(CC(=O)[N+]([O-])(OCC)N3CCCC3)ccc-2c(C(=O)OCC)c1N. The van der Waals surface area contributed by atoms with E-state index in [0.29, 0.717) is 29.8 Å². The van der Waals surface area contributed by atoms with Crippen molar-refractivity contribution in [1.29, 1.82) is 0 Å². The molecule has 1 heterocycles. The Morgan fingerprint density at radius 3 is 1.85 bits per heavy atom. The van der Waals surface area contributed by atoms with Gasteiger partial charge in [-0.05, 0) is 50.3 Å². The predicted molar refractivity (Wildman–Crippen MR) is 124 cm³/mol. The summed E-state index contributed by atoms with van der Waals surface area (Å²) in [5.74, 6) is -1.99. The minimum Gasteiger partial charge on any atom is -0.570 e. The fraction of sp³-hybridized carbons (Fsp3) is 0.458. The van der Waals surface area contributed by atoms with Gasteiger partial charge in [-0.3, -0.25) is 0 Å². The number of carbonyl (C=O) groups excluding carboxylic acids is 3. The van der Waals surface area contributed by atoms with Gasteiger partial charge in [0.25, 0.3) is 0 Å². The van der Waals surface area contributed by atoms with Gasteiger partial charge in [0, 0.05) is 0 Å². The van der Waals surface area contributed by atoms with Gasteiger partial charge in [-0.2, -0.15) is 4.84 Å². The molecule has 34 heavy (non-hydrogen) atoms. The Hall–Kier alpha value is -3.05. The van der Waals surface area contributed by atoms with Crippen molar-refractivity contribution in [2.45, 2.75) is 40.0 Å². The van der Waals surface area contributed by atoms with Crippen molar-refractivity contribution in [3.63, 3.8) is 0 Å². The van der Waals surface area contributed by atoms with E-state index in [0.717, 1.165) is 12.8 Å². The normalized spacial score (nSPS) is 15.8. The van der Waals surface area contributed by atoms with Crippen LogP contribution in [0.1, 0.15) is 59.9 Å². The number of fused-ring (bicyclic) bond motifs is 1. The summed E-state index contributed by atoms with van der Waals surface area (Å²) < 4.78 is 10.3. The molecular formula is C24H31N3O7. The van der Waals surface area contributed by atoms with Crippen LogP contribution in [0.4, 0.5) is 5.69 Å². The highest BCUT2D eigenvalue weighted by molar-refractivity contribution is 6.15. The molecule has 0 spiro atoms. The summed E-state index contributed by atoms with van der Waals surface area (Å²) in [6, 6.07) is 6.44. The van der Waals surface area contributed by atoms with Gasteiger partial charge in [0.2, 0.25) is 0 Å². The summed E-state index contributed by atoms with van der Waals surface area (Å²) in [7, 11) is 0. The Kier molecular flexibility index (Phi) is 8.21. The smallest absolute Gasteiger partial charge is 0.370 e. The highest BCUT2D eigenvalue weighted by Gasteiger charge is 2.39. The molecule has 0 aromatic heterocycles. The second kappa shape index (κ2) is 10.9. The molecule has 1 fully saturated rings. The van der Waals surface area contributed by atoms with E-state index in [-0.39, 0.29) is 43.1 Å². The number of amides is 1. The van der Waals surface area contributed by atoms with Crippen molar-refractivity contribution < 1.29 is 33.6 Å². The summed E-state index contributed by atoms with van der Waals surface area (Å²) in [6.07, 6.45) is 1.45. The number of quaternary nitrogens is 1. The third-order valence-corrected chi connectivity index (χ3v) is 5.68. The van der Waals surface area contributed by atoms with E-state index in [1.54, 1.807) is 45.0 Å². The number of rotatable bonds is 9. The van der Waals surface area contributed by atoms with Crippen LogP contribution in [0, 0.1) is 5.21 Å². The molecule has 3 rings (SSSR count). The van der Waals surface area contributed by atoms with E-state index in [4.69, 9.17) is 20.0 Å². The van der Waals surface area contributed by atoms with Gasteiger partial charge in [0.05, 0.1) is 49.5 Å². The maximum Gasteiger partial charge on any atom is 0.370 e. The Bertz CT molecular complexity index is 980. The average molecular weight is 474 g/mol. The maximum atomic E-state index is 13.3. The lowest BCUT2D eigenvalue weighted by molar-refractivity contribution is -1.10. The van der Waals surface area contributed by atoms with Gasteiger partial charge in [-0.25, -0.2) is 14.4 Å². The molecule has 2 aliphatic carbocycles. The molecule has 10 nitrogen and oxygen atoms in total. The lowest BCUT2D eigenvalue weighted by atomic mass is 10.1. The van der Waals surface area contributed by atoms with Gasteiger partial charge in [-0.15, -0.1) is 5.01 Å². The van der Waals surface area contributed by atoms with Crippen LogP contribution in [0.15, 0.2) is 24.3 Å². The fourth-order valence-corrected chi connectivity index (χ4v) is 4.16. The van der Waals surface area contributed by atoms with Gasteiger partial charge < -0.3 is 20.4 Å². The van der Waals surface area contributed by atoms with Crippen molar-refractivity contribution in [3.05, 3.63) is 46.2 Å². The molecule has 0 radical (unpaired) electrons. The molecule has 1 amide bonds. The van der Waals surface area contributed by atoms with Gasteiger partial charge in [0.1, 0.15) is 6.61 Å². The lowest BCUT2D eigenvalue weighted by Gasteiger charge is -2.41. The third-order valence-electron chi connectivity index (χ3n) is 5.68. The molecule has 0 aromatic rings. The molecule has 0 bridgehead atoms. The standard InChI is InChI=1S/C24H31N3O7/c1-4-32-23(29)20-17-11-9-16(10-12-18(17)21(22(20)25)24(30)33-5-2)15-19(28)27(31,34-6-3)26-13-7-8-14-26/h9-12H,4-8,13-15,25H2,1-3H3. The molecule has 1 saturated heterocycles. The molecule has 2 N–H and O–H groups in total. The van der Waals surface area contributed by atoms with Crippen molar-refractivity contribution in [1.82, 2.24) is 5.01 Å². The first-order chi connectivity index (χ1) is 16.3. The number of hydrogen-bond donors (Lipinski definition) is 1. The lowest BCUT2D eigenvalue weighted by Crippen LogP contribution is -2.59. The maximum absolute atomic E-state index is 13.3. The number of nitrogens with two attached hydrogens (primary N) is 1. The summed E-state index contributed by atoms with van der Waals surface area (Å²) in [5, 5.41) is 14.8. The van der Waals surface area contributed by atoms with Crippen molar-refractivity contribution in [2.24, 2.45) is 0 Å². The first kappa shape index (κ1) is 25.6. The zero-order chi connectivity index (χ0) is 24.9. The largest absolute Gasteiger partial charge is 0.570 e. The number of nitrogens with zero attached hydrogens (tertiary/aromatic N) is 2. The molecular weight excluding hydrogens is 442 g/mol. The van der Waals surface area contributed by atoms with Crippen LogP contribution >= 0.6 is 0 Å². The molecule has 10 heteroatoms. The van der Waals surface area contributed by atoms with E-state index in [2.05, 4.69) is 0 Å². The predicted octanol–water partition coefficient (Wildman–Crippen LogP) is 3.07.